The minimum Gasteiger partial charge on any atom is -0.492 e. The molecule has 1 heterocycles. The first-order valence-electron chi connectivity index (χ1n) is 7.01. The highest BCUT2D eigenvalue weighted by Gasteiger charge is 2.51. The molecule has 0 saturated carbocycles. The van der Waals surface area contributed by atoms with Gasteiger partial charge in [0, 0.05) is 0 Å². The number of hydrogen-bond donors (Lipinski definition) is 0. The van der Waals surface area contributed by atoms with Crippen molar-refractivity contribution in [1.82, 2.24) is 0 Å². The lowest BCUT2D eigenvalue weighted by Crippen LogP contribution is -2.41. The summed E-state index contributed by atoms with van der Waals surface area (Å²) in [7, 11) is -0.410. The Labute approximate surface area is 123 Å². The van der Waals surface area contributed by atoms with Gasteiger partial charge in [-0.3, -0.25) is 0 Å². The van der Waals surface area contributed by atoms with E-state index in [0.29, 0.717) is 5.76 Å². The van der Waals surface area contributed by atoms with Crippen molar-refractivity contribution in [2.75, 3.05) is 0 Å². The fraction of sp³-hybridized carbons (Fsp3) is 0.625. The van der Waals surface area contributed by atoms with Gasteiger partial charge in [0.05, 0.1) is 17.0 Å². The third kappa shape index (κ3) is 3.77. The Morgan fingerprint density at radius 2 is 1.55 bits per heavy atom. The van der Waals surface area contributed by atoms with Crippen molar-refractivity contribution in [3.63, 3.8) is 0 Å². The van der Waals surface area contributed by atoms with Crippen LogP contribution in [-0.4, -0.2) is 24.4 Å². The highest BCUT2D eigenvalue weighted by Crippen LogP contribution is 2.38. The number of hydrogen-bond acceptors (Lipinski definition) is 3. The van der Waals surface area contributed by atoms with Crippen molar-refractivity contribution in [2.24, 2.45) is 0 Å². The van der Waals surface area contributed by atoms with Gasteiger partial charge in [-0.15, -0.1) is 0 Å². The van der Waals surface area contributed by atoms with Crippen LogP contribution in [0.2, 0.25) is 0 Å². The lowest BCUT2D eigenvalue weighted by atomic mass is 9.78. The van der Waals surface area contributed by atoms with E-state index in [1.165, 1.54) is 0 Å². The Morgan fingerprint density at radius 3 is 1.95 bits per heavy atom. The highest BCUT2D eigenvalue weighted by molar-refractivity contribution is 6.55. The lowest BCUT2D eigenvalue weighted by molar-refractivity contribution is 0.00578. The predicted molar refractivity (Wildman–Crippen MR) is 84.3 cm³/mol. The molecule has 112 valence electrons. The van der Waals surface area contributed by atoms with Gasteiger partial charge in [-0.2, -0.15) is 0 Å². The van der Waals surface area contributed by atoms with E-state index in [9.17, 15) is 0 Å². The van der Waals surface area contributed by atoms with Crippen LogP contribution in [0.15, 0.2) is 36.0 Å². The SMILES string of the molecule is C=C(C)OC(C)/C(C)=C/C(=C)B1OC(C)(C)C(C)(C)O1. The molecule has 0 aromatic heterocycles. The molecule has 1 saturated heterocycles. The molecule has 3 nitrogen and oxygen atoms in total. The minimum absolute atomic E-state index is 0.0355. The molecule has 1 aliphatic rings. The molecule has 0 amide bonds. The summed E-state index contributed by atoms with van der Waals surface area (Å²) in [6.45, 7) is 21.8. The van der Waals surface area contributed by atoms with Crippen LogP contribution in [0.3, 0.4) is 0 Å². The van der Waals surface area contributed by atoms with E-state index in [4.69, 9.17) is 14.0 Å². The average molecular weight is 278 g/mol. The largest absolute Gasteiger partial charge is 0.494 e. The molecule has 0 N–H and O–H groups in total. The quantitative estimate of drug-likeness (QED) is 0.431. The molecule has 0 aliphatic carbocycles. The Morgan fingerprint density at radius 1 is 1.10 bits per heavy atom. The molecule has 0 aromatic carbocycles. The van der Waals surface area contributed by atoms with Gasteiger partial charge >= 0.3 is 7.12 Å². The van der Waals surface area contributed by atoms with Crippen LogP contribution < -0.4 is 0 Å². The van der Waals surface area contributed by atoms with Gasteiger partial charge in [-0.25, -0.2) is 0 Å². The minimum atomic E-state index is -0.410. The predicted octanol–water partition coefficient (Wildman–Crippen LogP) is 4.06. The van der Waals surface area contributed by atoms with Gasteiger partial charge in [0.25, 0.3) is 0 Å². The first-order chi connectivity index (χ1) is 8.96. The molecule has 20 heavy (non-hydrogen) atoms. The van der Waals surface area contributed by atoms with Crippen LogP contribution in [-0.2, 0) is 14.0 Å². The lowest BCUT2D eigenvalue weighted by Gasteiger charge is -2.32. The summed E-state index contributed by atoms with van der Waals surface area (Å²) in [5.41, 5.74) is 1.18. The monoisotopic (exact) mass is 278 g/mol. The van der Waals surface area contributed by atoms with E-state index in [-0.39, 0.29) is 17.3 Å². The van der Waals surface area contributed by atoms with Crippen LogP contribution in [0.5, 0.6) is 0 Å². The molecular weight excluding hydrogens is 251 g/mol. The van der Waals surface area contributed by atoms with Gasteiger partial charge < -0.3 is 14.0 Å². The maximum atomic E-state index is 5.96. The zero-order valence-corrected chi connectivity index (χ0v) is 13.9. The van der Waals surface area contributed by atoms with Gasteiger partial charge in [0.1, 0.15) is 6.10 Å². The molecule has 1 aliphatic heterocycles. The van der Waals surface area contributed by atoms with E-state index < -0.39 is 7.12 Å². The second-order valence-corrected chi connectivity index (χ2v) is 6.51. The van der Waals surface area contributed by atoms with Crippen molar-refractivity contribution >= 4 is 7.12 Å². The van der Waals surface area contributed by atoms with Crippen molar-refractivity contribution in [3.05, 3.63) is 36.0 Å². The summed E-state index contributed by atoms with van der Waals surface area (Å²) in [5, 5.41) is 0. The maximum absolute atomic E-state index is 5.96. The van der Waals surface area contributed by atoms with E-state index in [1.54, 1.807) is 0 Å². The Hall–Kier alpha value is -0.995. The molecule has 1 fully saturated rings. The summed E-state index contributed by atoms with van der Waals surface area (Å²) in [6.07, 6.45) is 1.93. The molecule has 4 heteroatoms. The number of allylic oxidation sites excluding steroid dienone is 3. The smallest absolute Gasteiger partial charge is 0.492 e. The van der Waals surface area contributed by atoms with Crippen LogP contribution in [0, 0.1) is 0 Å². The van der Waals surface area contributed by atoms with Crippen molar-refractivity contribution in [3.8, 4) is 0 Å². The van der Waals surface area contributed by atoms with Gasteiger partial charge in [0.15, 0.2) is 0 Å². The highest BCUT2D eigenvalue weighted by atomic mass is 16.7. The fourth-order valence-corrected chi connectivity index (χ4v) is 1.87. The summed E-state index contributed by atoms with van der Waals surface area (Å²) < 4.78 is 17.5. The molecule has 1 rings (SSSR count). The summed E-state index contributed by atoms with van der Waals surface area (Å²) in [5.74, 6) is 0.700. The second-order valence-electron chi connectivity index (χ2n) is 6.51. The molecular formula is C16H27BO3. The zero-order chi connectivity index (χ0) is 15.7. The van der Waals surface area contributed by atoms with Gasteiger partial charge in [0.2, 0.25) is 0 Å². The van der Waals surface area contributed by atoms with Crippen LogP contribution in [0.1, 0.15) is 48.5 Å². The van der Waals surface area contributed by atoms with E-state index >= 15 is 0 Å². The van der Waals surface area contributed by atoms with Gasteiger partial charge in [-0.1, -0.05) is 19.2 Å². The number of ether oxygens (including phenoxy) is 1. The normalized spacial score (nSPS) is 22.6. The third-order valence-electron chi connectivity index (χ3n) is 3.99. The molecule has 0 aromatic rings. The van der Waals surface area contributed by atoms with E-state index in [0.717, 1.165) is 11.0 Å². The molecule has 1 unspecified atom stereocenters. The first kappa shape index (κ1) is 17.1. The van der Waals surface area contributed by atoms with E-state index in [1.807, 2.05) is 54.5 Å². The Balaban J connectivity index is 2.75. The third-order valence-corrected chi connectivity index (χ3v) is 3.99. The Bertz CT molecular complexity index is 419. The van der Waals surface area contributed by atoms with Crippen LogP contribution >= 0.6 is 0 Å². The molecule has 0 radical (unpaired) electrons. The van der Waals surface area contributed by atoms with E-state index in [2.05, 4.69) is 13.2 Å². The summed E-state index contributed by atoms with van der Waals surface area (Å²) in [4.78, 5) is 0. The van der Waals surface area contributed by atoms with Gasteiger partial charge in [-0.05, 0) is 59.5 Å². The topological polar surface area (TPSA) is 27.7 Å². The van der Waals surface area contributed by atoms with Crippen molar-refractivity contribution in [1.29, 1.82) is 0 Å². The van der Waals surface area contributed by atoms with Crippen molar-refractivity contribution < 1.29 is 14.0 Å². The van der Waals surface area contributed by atoms with Crippen LogP contribution in [0.25, 0.3) is 0 Å². The number of rotatable bonds is 5. The Kier molecular flexibility index (Phi) is 4.93. The molecule has 0 spiro atoms. The molecule has 0 bridgehead atoms. The maximum Gasteiger partial charge on any atom is 0.494 e. The summed E-state index contributed by atoms with van der Waals surface area (Å²) in [6, 6.07) is 0. The standard InChI is InChI=1S/C16H27BO3/c1-11(2)18-14(5)12(3)10-13(4)17-19-15(6,7)16(8,9)20-17/h10,14H,1,4H2,2-3,5-9H3/b12-10+. The second kappa shape index (κ2) is 5.78. The zero-order valence-electron chi connectivity index (χ0n) is 13.9. The summed E-state index contributed by atoms with van der Waals surface area (Å²) >= 11 is 0. The average Bonchev–Trinajstić information content (AvgIpc) is 2.47. The molecule has 1 atom stereocenters. The van der Waals surface area contributed by atoms with Crippen molar-refractivity contribution in [2.45, 2.75) is 65.8 Å². The fourth-order valence-electron chi connectivity index (χ4n) is 1.87. The van der Waals surface area contributed by atoms with Crippen LogP contribution in [0.4, 0.5) is 0 Å². The first-order valence-corrected chi connectivity index (χ1v) is 7.01.